The highest BCUT2D eigenvalue weighted by Gasteiger charge is 2.35. The van der Waals surface area contributed by atoms with Gasteiger partial charge in [0, 0.05) is 37.4 Å². The minimum Gasteiger partial charge on any atom is -0.477 e. The van der Waals surface area contributed by atoms with Crippen LogP contribution in [0.1, 0.15) is 25.8 Å². The Kier molecular flexibility index (Phi) is 7.91. The molecule has 0 aromatic heterocycles. The molecule has 0 aliphatic carbocycles. The number of hydrogen-bond donors (Lipinski definition) is 0. The van der Waals surface area contributed by atoms with Crippen molar-refractivity contribution in [2.24, 2.45) is 0 Å². The van der Waals surface area contributed by atoms with Gasteiger partial charge in [0.1, 0.15) is 0 Å². The Morgan fingerprint density at radius 2 is 1.79 bits per heavy atom. The Bertz CT molecular complexity index is 1080. The van der Waals surface area contributed by atoms with E-state index in [1.54, 1.807) is 6.07 Å². The number of sulfone groups is 1. The summed E-state index contributed by atoms with van der Waals surface area (Å²) in [5, 5.41) is 11.2. The fraction of sp³-hybridized carbons (Fsp3) is 0.435. The van der Waals surface area contributed by atoms with Gasteiger partial charge in [-0.1, -0.05) is 24.3 Å². The highest BCUT2D eigenvalue weighted by molar-refractivity contribution is 7.91. The maximum absolute atomic E-state index is 13.1. The topological polar surface area (TPSA) is 110 Å². The Morgan fingerprint density at radius 1 is 1.12 bits per heavy atom. The van der Waals surface area contributed by atoms with Crippen LogP contribution >= 0.6 is 0 Å². The molecule has 0 bridgehead atoms. The number of carbonyl (C=O) groups is 1. The molecule has 2 aromatic rings. The van der Waals surface area contributed by atoms with Crippen molar-refractivity contribution in [3.63, 3.8) is 0 Å². The zero-order chi connectivity index (χ0) is 24.0. The van der Waals surface area contributed by atoms with Crippen LogP contribution in [0, 0.1) is 10.1 Å². The number of carbonyl (C=O) groups excluding carboxylic acids is 1. The molecule has 1 atom stereocenters. The number of benzene rings is 2. The smallest absolute Gasteiger partial charge is 0.310 e. The summed E-state index contributed by atoms with van der Waals surface area (Å²) in [6.45, 7) is 5.73. The Balaban J connectivity index is 1.77. The number of hydrogen-bond acceptors (Lipinski definition) is 7. The van der Waals surface area contributed by atoms with E-state index in [1.165, 1.54) is 23.1 Å². The summed E-state index contributed by atoms with van der Waals surface area (Å²) in [7, 11) is -3.21. The average molecular weight is 476 g/mol. The third kappa shape index (κ3) is 6.22. The second-order valence-electron chi connectivity index (χ2n) is 7.93. The summed E-state index contributed by atoms with van der Waals surface area (Å²) in [4.78, 5) is 27.5. The van der Waals surface area contributed by atoms with Crippen LogP contribution in [0.3, 0.4) is 0 Å². The Morgan fingerprint density at radius 3 is 2.36 bits per heavy atom. The molecule has 1 heterocycles. The van der Waals surface area contributed by atoms with E-state index in [4.69, 9.17) is 4.74 Å². The highest BCUT2D eigenvalue weighted by Crippen LogP contribution is 2.27. The maximum atomic E-state index is 13.1. The Hall–Kier alpha value is -3.14. The molecule has 3 rings (SSSR count). The third-order valence-corrected chi connectivity index (χ3v) is 7.55. The van der Waals surface area contributed by atoms with Gasteiger partial charge in [0.05, 0.1) is 16.4 Å². The van der Waals surface area contributed by atoms with E-state index in [0.717, 1.165) is 24.3 Å². The van der Waals surface area contributed by atoms with Crippen LogP contribution in [0.25, 0.3) is 0 Å². The number of para-hydroxylation sites is 2. The molecule has 10 heteroatoms. The minimum absolute atomic E-state index is 0.00146. The summed E-state index contributed by atoms with van der Waals surface area (Å²) < 4.78 is 29.6. The number of nitro benzene ring substituents is 1. The van der Waals surface area contributed by atoms with Crippen LogP contribution in [0.15, 0.2) is 48.5 Å². The molecular formula is C23H29N3O6S. The molecule has 0 N–H and O–H groups in total. The van der Waals surface area contributed by atoms with Crippen molar-refractivity contribution >= 4 is 27.1 Å². The summed E-state index contributed by atoms with van der Waals surface area (Å²) in [6, 6.07) is 13.2. The summed E-state index contributed by atoms with van der Waals surface area (Å²) in [5.41, 5.74) is 1.71. The molecule has 0 radical (unpaired) electrons. The van der Waals surface area contributed by atoms with Gasteiger partial charge < -0.3 is 14.5 Å². The van der Waals surface area contributed by atoms with Crippen molar-refractivity contribution in [2.75, 3.05) is 36.1 Å². The van der Waals surface area contributed by atoms with Crippen LogP contribution in [-0.4, -0.2) is 61.4 Å². The predicted octanol–water partition coefficient (Wildman–Crippen LogP) is 3.04. The number of amides is 1. The van der Waals surface area contributed by atoms with Gasteiger partial charge in [-0.25, -0.2) is 8.42 Å². The highest BCUT2D eigenvalue weighted by atomic mass is 32.2. The first-order chi connectivity index (χ1) is 15.7. The molecule has 0 saturated carbocycles. The van der Waals surface area contributed by atoms with Gasteiger partial charge in [-0.2, -0.15) is 0 Å². The molecule has 178 valence electrons. The number of rotatable bonds is 10. The lowest BCUT2D eigenvalue weighted by molar-refractivity contribution is -0.385. The second kappa shape index (κ2) is 10.7. The zero-order valence-electron chi connectivity index (χ0n) is 18.8. The summed E-state index contributed by atoms with van der Waals surface area (Å²) in [5.74, 6) is -0.476. The largest absolute Gasteiger partial charge is 0.477 e. The van der Waals surface area contributed by atoms with Crippen molar-refractivity contribution in [1.29, 1.82) is 0 Å². The van der Waals surface area contributed by atoms with Gasteiger partial charge in [0.15, 0.2) is 22.2 Å². The molecule has 1 aliphatic rings. The van der Waals surface area contributed by atoms with Crippen molar-refractivity contribution in [3.8, 4) is 5.75 Å². The quantitative estimate of drug-likeness (QED) is 0.384. The number of anilines is 1. The van der Waals surface area contributed by atoms with Crippen molar-refractivity contribution in [1.82, 2.24) is 4.90 Å². The summed E-state index contributed by atoms with van der Waals surface area (Å²) >= 11 is 0. The molecule has 1 fully saturated rings. The average Bonchev–Trinajstić information content (AvgIpc) is 3.17. The van der Waals surface area contributed by atoms with Crippen LogP contribution in [0.5, 0.6) is 5.75 Å². The molecule has 33 heavy (non-hydrogen) atoms. The number of nitro groups is 1. The lowest BCUT2D eigenvalue weighted by Gasteiger charge is -2.29. The number of ether oxygens (including phenoxy) is 1. The fourth-order valence-corrected chi connectivity index (χ4v) is 5.72. The lowest BCUT2D eigenvalue weighted by atomic mass is 10.1. The molecule has 1 saturated heterocycles. The molecule has 1 aliphatic heterocycles. The SMILES string of the molecule is CCN(CC)c1ccc(CN(C(=O)COc2ccccc2[N+](=O)[O-])C2CCS(=O)(=O)C2)cc1. The lowest BCUT2D eigenvalue weighted by Crippen LogP contribution is -2.43. The van der Waals surface area contributed by atoms with Crippen LogP contribution in [0.4, 0.5) is 11.4 Å². The van der Waals surface area contributed by atoms with E-state index in [0.29, 0.717) is 6.42 Å². The second-order valence-corrected chi connectivity index (χ2v) is 10.2. The first-order valence-corrected chi connectivity index (χ1v) is 12.8. The Labute approximate surface area is 194 Å². The maximum Gasteiger partial charge on any atom is 0.310 e. The first kappa shape index (κ1) is 24.5. The van der Waals surface area contributed by atoms with E-state index in [2.05, 4.69) is 18.7 Å². The molecule has 1 amide bonds. The van der Waals surface area contributed by atoms with Crippen molar-refractivity contribution in [3.05, 3.63) is 64.2 Å². The van der Waals surface area contributed by atoms with Crippen molar-refractivity contribution < 1.29 is 22.9 Å². The van der Waals surface area contributed by atoms with Gasteiger partial charge in [-0.05, 0) is 44.0 Å². The predicted molar refractivity (Wildman–Crippen MR) is 126 cm³/mol. The first-order valence-electron chi connectivity index (χ1n) is 10.9. The van der Waals surface area contributed by atoms with E-state index >= 15 is 0 Å². The standard InChI is InChI=1S/C23H29N3O6S/c1-3-24(4-2)19-11-9-18(10-12-19)15-25(20-13-14-33(30,31)17-20)23(27)16-32-22-8-6-5-7-21(22)26(28)29/h5-12,20H,3-4,13-17H2,1-2H3. The molecule has 0 spiro atoms. The molecule has 9 nitrogen and oxygen atoms in total. The molecular weight excluding hydrogens is 446 g/mol. The van der Waals surface area contributed by atoms with Crippen LogP contribution in [0.2, 0.25) is 0 Å². The molecule has 1 unspecified atom stereocenters. The van der Waals surface area contributed by atoms with E-state index in [-0.39, 0.29) is 29.5 Å². The zero-order valence-corrected chi connectivity index (χ0v) is 19.7. The van der Waals surface area contributed by atoms with Gasteiger partial charge in [0.2, 0.25) is 0 Å². The summed E-state index contributed by atoms with van der Waals surface area (Å²) in [6.07, 6.45) is 0.358. The number of nitrogens with zero attached hydrogens (tertiary/aromatic N) is 3. The molecule has 2 aromatic carbocycles. The van der Waals surface area contributed by atoms with Gasteiger partial charge in [-0.3, -0.25) is 14.9 Å². The monoisotopic (exact) mass is 475 g/mol. The van der Waals surface area contributed by atoms with E-state index in [9.17, 15) is 23.3 Å². The van der Waals surface area contributed by atoms with Crippen LogP contribution in [-0.2, 0) is 21.2 Å². The van der Waals surface area contributed by atoms with Crippen LogP contribution < -0.4 is 9.64 Å². The van der Waals surface area contributed by atoms with Gasteiger partial charge in [-0.15, -0.1) is 0 Å². The van der Waals surface area contributed by atoms with Gasteiger partial charge >= 0.3 is 5.69 Å². The normalized spacial score (nSPS) is 16.8. The van der Waals surface area contributed by atoms with E-state index < -0.39 is 33.3 Å². The van der Waals surface area contributed by atoms with Crippen molar-refractivity contribution in [2.45, 2.75) is 32.9 Å². The minimum atomic E-state index is -3.21. The fourth-order valence-electron chi connectivity index (χ4n) is 3.99. The van der Waals surface area contributed by atoms with E-state index in [1.807, 2.05) is 24.3 Å². The van der Waals surface area contributed by atoms with Gasteiger partial charge in [0.25, 0.3) is 5.91 Å². The third-order valence-electron chi connectivity index (χ3n) is 5.80.